The Labute approximate surface area is 173 Å². The minimum atomic E-state index is 0.0581. The van der Waals surface area contributed by atoms with Crippen LogP contribution in [0.5, 0.6) is 0 Å². The van der Waals surface area contributed by atoms with Crippen molar-refractivity contribution in [2.45, 2.75) is 18.9 Å². The second-order valence-electron chi connectivity index (χ2n) is 7.26. The maximum atomic E-state index is 6.43. The Hall–Kier alpha value is -3.52. The summed E-state index contributed by atoms with van der Waals surface area (Å²) in [4.78, 5) is 0. The molecule has 0 saturated heterocycles. The Morgan fingerprint density at radius 1 is 0.828 bits per heavy atom. The van der Waals surface area contributed by atoms with Gasteiger partial charge >= 0.3 is 0 Å². The summed E-state index contributed by atoms with van der Waals surface area (Å²) in [5.74, 6) is 0. The molecule has 2 nitrogen and oxygen atoms in total. The quantitative estimate of drug-likeness (QED) is 0.520. The molecule has 0 radical (unpaired) electrons. The van der Waals surface area contributed by atoms with Gasteiger partial charge in [0.1, 0.15) is 0 Å². The van der Waals surface area contributed by atoms with Gasteiger partial charge in [-0.15, -0.1) is 0 Å². The maximum Gasteiger partial charge on any atom is 0.0683 e. The fraction of sp³-hybridized carbons (Fsp3) is 0.111. The highest BCUT2D eigenvalue weighted by Crippen LogP contribution is 2.25. The summed E-state index contributed by atoms with van der Waals surface area (Å²) in [7, 11) is 0. The zero-order valence-corrected chi connectivity index (χ0v) is 16.5. The summed E-state index contributed by atoms with van der Waals surface area (Å²) in [6.45, 7) is 0. The first-order valence-electron chi connectivity index (χ1n) is 10.1. The molecule has 144 valence electrons. The normalized spacial score (nSPS) is 14.9. The number of hydrogen-bond donors (Lipinski definition) is 2. The molecular weight excluding hydrogens is 352 g/mol. The van der Waals surface area contributed by atoms with Crippen LogP contribution in [-0.2, 0) is 0 Å². The van der Waals surface area contributed by atoms with E-state index in [1.807, 2.05) is 36.4 Å². The third kappa shape index (κ3) is 4.85. The summed E-state index contributed by atoms with van der Waals surface area (Å²) in [6, 6.07) is 29.2. The van der Waals surface area contributed by atoms with Gasteiger partial charge in [0.15, 0.2) is 0 Å². The van der Waals surface area contributed by atoms with E-state index in [9.17, 15) is 0 Å². The van der Waals surface area contributed by atoms with Crippen LogP contribution in [0.2, 0.25) is 0 Å². The van der Waals surface area contributed by atoms with Crippen molar-refractivity contribution in [3.8, 4) is 11.1 Å². The van der Waals surface area contributed by atoms with Gasteiger partial charge in [-0.2, -0.15) is 0 Å². The van der Waals surface area contributed by atoms with E-state index in [1.165, 1.54) is 16.7 Å². The molecule has 29 heavy (non-hydrogen) atoms. The summed E-state index contributed by atoms with van der Waals surface area (Å²) >= 11 is 0. The van der Waals surface area contributed by atoms with Crippen LogP contribution in [-0.4, -0.2) is 6.04 Å². The molecule has 1 atom stereocenters. The van der Waals surface area contributed by atoms with Crippen molar-refractivity contribution in [1.29, 1.82) is 0 Å². The van der Waals surface area contributed by atoms with Gasteiger partial charge in [-0.1, -0.05) is 91.0 Å². The highest BCUT2D eigenvalue weighted by molar-refractivity contribution is 5.68. The van der Waals surface area contributed by atoms with Gasteiger partial charge in [-0.3, -0.25) is 0 Å². The molecule has 3 N–H and O–H groups in total. The minimum Gasteiger partial charge on any atom is -0.398 e. The van der Waals surface area contributed by atoms with Gasteiger partial charge < -0.3 is 11.1 Å². The highest BCUT2D eigenvalue weighted by atomic mass is 14.9. The third-order valence-electron chi connectivity index (χ3n) is 5.21. The summed E-state index contributed by atoms with van der Waals surface area (Å²) in [5.41, 5.74) is 13.1. The molecule has 0 bridgehead atoms. The van der Waals surface area contributed by atoms with Crippen LogP contribution in [0.3, 0.4) is 0 Å². The lowest BCUT2D eigenvalue weighted by atomic mass is 9.95. The van der Waals surface area contributed by atoms with Gasteiger partial charge in [0.05, 0.1) is 6.04 Å². The van der Waals surface area contributed by atoms with Crippen molar-refractivity contribution in [2.75, 3.05) is 5.32 Å². The van der Waals surface area contributed by atoms with E-state index in [1.54, 1.807) is 0 Å². The molecular formula is C27H26N2. The molecule has 1 aliphatic rings. The lowest BCUT2D eigenvalue weighted by molar-refractivity contribution is 0.867. The minimum absolute atomic E-state index is 0.0581. The average molecular weight is 379 g/mol. The van der Waals surface area contributed by atoms with Gasteiger partial charge in [-0.05, 0) is 53.3 Å². The monoisotopic (exact) mass is 378 g/mol. The first kappa shape index (κ1) is 18.8. The van der Waals surface area contributed by atoms with Crippen LogP contribution in [0.15, 0.2) is 115 Å². The summed E-state index contributed by atoms with van der Waals surface area (Å²) in [5, 5.41) is 3.67. The second kappa shape index (κ2) is 9.11. The fourth-order valence-electron chi connectivity index (χ4n) is 3.60. The second-order valence-corrected chi connectivity index (χ2v) is 7.26. The summed E-state index contributed by atoms with van der Waals surface area (Å²) < 4.78 is 0. The van der Waals surface area contributed by atoms with Crippen LogP contribution in [0.4, 0.5) is 5.69 Å². The van der Waals surface area contributed by atoms with Crippen LogP contribution in [0.25, 0.3) is 16.8 Å². The predicted octanol–water partition coefficient (Wildman–Crippen LogP) is 6.41. The Kier molecular flexibility index (Phi) is 5.92. The van der Waals surface area contributed by atoms with Crippen LogP contribution in [0.1, 0.15) is 18.4 Å². The molecule has 3 aromatic carbocycles. The summed E-state index contributed by atoms with van der Waals surface area (Å²) in [6.07, 6.45) is 10.8. The molecule has 0 saturated carbocycles. The zero-order chi connectivity index (χ0) is 19.9. The number of hydrogen-bond acceptors (Lipinski definition) is 2. The number of rotatable bonds is 6. The molecule has 0 amide bonds. The molecule has 3 aromatic rings. The van der Waals surface area contributed by atoms with Gasteiger partial charge in [-0.25, -0.2) is 0 Å². The first-order chi connectivity index (χ1) is 14.3. The van der Waals surface area contributed by atoms with E-state index in [0.29, 0.717) is 0 Å². The molecule has 0 aliphatic heterocycles. The molecule has 1 unspecified atom stereocenters. The molecule has 1 aliphatic carbocycles. The molecule has 0 fully saturated rings. The van der Waals surface area contributed by atoms with Crippen molar-refractivity contribution < 1.29 is 0 Å². The molecule has 0 spiro atoms. The molecule has 2 heteroatoms. The highest BCUT2D eigenvalue weighted by Gasteiger charge is 2.14. The number of benzene rings is 3. The lowest BCUT2D eigenvalue weighted by Gasteiger charge is -2.22. The molecule has 4 rings (SSSR count). The topological polar surface area (TPSA) is 38.0 Å². The molecule has 0 heterocycles. The Balaban J connectivity index is 1.59. The van der Waals surface area contributed by atoms with E-state index in [4.69, 9.17) is 5.73 Å². The number of anilines is 1. The number of nitrogens with one attached hydrogen (secondary N) is 1. The first-order valence-corrected chi connectivity index (χ1v) is 10.1. The van der Waals surface area contributed by atoms with Crippen molar-refractivity contribution in [3.05, 3.63) is 120 Å². The van der Waals surface area contributed by atoms with E-state index in [-0.39, 0.29) is 6.04 Å². The third-order valence-corrected chi connectivity index (χ3v) is 5.21. The Bertz CT molecular complexity index is 1010. The van der Waals surface area contributed by atoms with Crippen LogP contribution < -0.4 is 11.1 Å². The van der Waals surface area contributed by atoms with Crippen molar-refractivity contribution in [3.63, 3.8) is 0 Å². The van der Waals surface area contributed by atoms with E-state index in [2.05, 4.69) is 78.2 Å². The smallest absolute Gasteiger partial charge is 0.0683 e. The van der Waals surface area contributed by atoms with Crippen LogP contribution in [0, 0.1) is 0 Å². The van der Waals surface area contributed by atoms with E-state index < -0.39 is 0 Å². The van der Waals surface area contributed by atoms with E-state index >= 15 is 0 Å². The average Bonchev–Trinajstić information content (AvgIpc) is 2.81. The van der Waals surface area contributed by atoms with Gasteiger partial charge in [0.25, 0.3) is 0 Å². The number of allylic oxidation sites excluding steroid dienone is 3. The Morgan fingerprint density at radius 2 is 1.48 bits per heavy atom. The van der Waals surface area contributed by atoms with Crippen molar-refractivity contribution in [1.82, 2.24) is 0 Å². The zero-order valence-electron chi connectivity index (χ0n) is 16.5. The van der Waals surface area contributed by atoms with Crippen LogP contribution >= 0.6 is 0 Å². The SMILES string of the molecule is N/C(=C\C(Nc1ccc(-c2ccccc2)cc1)C1=CC=CCC1)c1ccccc1. The van der Waals surface area contributed by atoms with E-state index in [0.717, 1.165) is 29.8 Å². The van der Waals surface area contributed by atoms with Gasteiger partial charge in [0.2, 0.25) is 0 Å². The maximum absolute atomic E-state index is 6.43. The largest absolute Gasteiger partial charge is 0.398 e. The van der Waals surface area contributed by atoms with Gasteiger partial charge in [0, 0.05) is 11.4 Å². The Morgan fingerprint density at radius 3 is 2.14 bits per heavy atom. The van der Waals surface area contributed by atoms with Crippen molar-refractivity contribution in [2.24, 2.45) is 5.73 Å². The molecule has 0 aromatic heterocycles. The van der Waals surface area contributed by atoms with Crippen molar-refractivity contribution >= 4 is 11.4 Å². The lowest BCUT2D eigenvalue weighted by Crippen LogP contribution is -2.22. The predicted molar refractivity (Wildman–Crippen MR) is 124 cm³/mol. The fourth-order valence-corrected chi connectivity index (χ4v) is 3.60. The number of nitrogens with two attached hydrogens (primary N) is 1. The standard InChI is InChI=1S/C27H26N2/c28-26(23-12-6-2-7-13-23)20-27(24-14-8-3-9-15-24)29-25-18-16-22(17-19-25)21-10-4-1-5-11-21/h1-8,10-14,16-20,27,29H,9,15,28H2/b26-20-.